The average molecular weight is 263 g/mol. The molecule has 1 aliphatic rings. The molecule has 0 bridgehead atoms. The number of carbonyl (C=O) groups is 2. The van der Waals surface area contributed by atoms with Crippen molar-refractivity contribution in [2.75, 3.05) is 19.7 Å². The predicted molar refractivity (Wildman–Crippen MR) is 68.7 cm³/mol. The minimum absolute atomic E-state index is 0.178. The number of pyridine rings is 1. The maximum atomic E-state index is 11.9. The molecule has 0 aliphatic carbocycles. The standard InChI is InChI=1S/C13H17N3O3/c1-13(2,16-7-8-19-12(16)18)9-15-11(17)10-3-5-14-6-4-10/h3-6H,7-9H2,1-2H3,(H,15,17). The SMILES string of the molecule is CC(C)(CNC(=O)c1ccncc1)N1CCOC1=O. The number of hydrogen-bond acceptors (Lipinski definition) is 4. The summed E-state index contributed by atoms with van der Waals surface area (Å²) in [6, 6.07) is 3.29. The zero-order valence-corrected chi connectivity index (χ0v) is 11.0. The Bertz CT molecular complexity index is 473. The molecule has 1 N–H and O–H groups in total. The Morgan fingerprint density at radius 2 is 2.16 bits per heavy atom. The topological polar surface area (TPSA) is 71.5 Å². The number of rotatable bonds is 4. The molecule has 0 unspecified atom stereocenters. The van der Waals surface area contributed by atoms with Crippen LogP contribution in [0, 0.1) is 0 Å². The number of nitrogens with zero attached hydrogens (tertiary/aromatic N) is 2. The fourth-order valence-corrected chi connectivity index (χ4v) is 1.94. The zero-order chi connectivity index (χ0) is 13.9. The van der Waals surface area contributed by atoms with Crippen LogP contribution in [0.2, 0.25) is 0 Å². The minimum atomic E-state index is -0.476. The molecule has 0 spiro atoms. The quantitative estimate of drug-likeness (QED) is 0.881. The van der Waals surface area contributed by atoms with Crippen LogP contribution in [0.25, 0.3) is 0 Å². The molecule has 1 fully saturated rings. The Hall–Kier alpha value is -2.11. The number of cyclic esters (lactones) is 1. The number of carbonyl (C=O) groups excluding carboxylic acids is 2. The van der Waals surface area contributed by atoms with Crippen LogP contribution in [-0.2, 0) is 4.74 Å². The Morgan fingerprint density at radius 3 is 2.74 bits per heavy atom. The van der Waals surface area contributed by atoms with E-state index in [1.807, 2.05) is 13.8 Å². The zero-order valence-electron chi connectivity index (χ0n) is 11.0. The molecule has 2 rings (SSSR count). The molecule has 1 aromatic heterocycles. The molecule has 102 valence electrons. The Morgan fingerprint density at radius 1 is 1.47 bits per heavy atom. The first-order valence-corrected chi connectivity index (χ1v) is 6.13. The van der Waals surface area contributed by atoms with Crippen molar-refractivity contribution in [3.05, 3.63) is 30.1 Å². The van der Waals surface area contributed by atoms with Gasteiger partial charge in [-0.15, -0.1) is 0 Å². The molecule has 2 heterocycles. The van der Waals surface area contributed by atoms with Crippen LogP contribution in [0.1, 0.15) is 24.2 Å². The highest BCUT2D eigenvalue weighted by atomic mass is 16.6. The normalized spacial score (nSPS) is 15.3. The van der Waals surface area contributed by atoms with E-state index in [-0.39, 0.29) is 12.0 Å². The van der Waals surface area contributed by atoms with E-state index in [1.54, 1.807) is 29.4 Å². The molecule has 0 aromatic carbocycles. The van der Waals surface area contributed by atoms with Crippen molar-refractivity contribution in [1.29, 1.82) is 0 Å². The van der Waals surface area contributed by atoms with Gasteiger partial charge in [-0.1, -0.05) is 0 Å². The monoisotopic (exact) mass is 263 g/mol. The van der Waals surface area contributed by atoms with Gasteiger partial charge in [-0.05, 0) is 26.0 Å². The highest BCUT2D eigenvalue weighted by molar-refractivity contribution is 5.94. The van der Waals surface area contributed by atoms with E-state index in [2.05, 4.69) is 10.3 Å². The Labute approximate surface area is 111 Å². The van der Waals surface area contributed by atoms with E-state index in [0.29, 0.717) is 25.3 Å². The smallest absolute Gasteiger partial charge is 0.410 e. The number of hydrogen-bond donors (Lipinski definition) is 1. The molecule has 19 heavy (non-hydrogen) atoms. The molecule has 6 heteroatoms. The maximum absolute atomic E-state index is 11.9. The van der Waals surface area contributed by atoms with Gasteiger partial charge in [-0.2, -0.15) is 0 Å². The summed E-state index contributed by atoms with van der Waals surface area (Å²) in [6.45, 7) is 5.11. The van der Waals surface area contributed by atoms with Gasteiger partial charge in [0, 0.05) is 24.5 Å². The second kappa shape index (κ2) is 5.26. The largest absolute Gasteiger partial charge is 0.448 e. The summed E-state index contributed by atoms with van der Waals surface area (Å²) in [7, 11) is 0. The van der Waals surface area contributed by atoms with Gasteiger partial charge in [-0.25, -0.2) is 4.79 Å². The van der Waals surface area contributed by atoms with Crippen LogP contribution in [0.5, 0.6) is 0 Å². The van der Waals surface area contributed by atoms with Gasteiger partial charge < -0.3 is 10.1 Å². The van der Waals surface area contributed by atoms with Gasteiger partial charge in [0.25, 0.3) is 5.91 Å². The van der Waals surface area contributed by atoms with Crippen LogP contribution in [-0.4, -0.2) is 47.1 Å². The third kappa shape index (κ3) is 3.01. The van der Waals surface area contributed by atoms with Gasteiger partial charge in [-0.3, -0.25) is 14.7 Å². The van der Waals surface area contributed by atoms with E-state index in [4.69, 9.17) is 4.74 Å². The Kier molecular flexibility index (Phi) is 3.69. The number of aromatic nitrogens is 1. The number of nitrogens with one attached hydrogen (secondary N) is 1. The lowest BCUT2D eigenvalue weighted by atomic mass is 10.0. The van der Waals surface area contributed by atoms with Crippen LogP contribution >= 0.6 is 0 Å². The van der Waals surface area contributed by atoms with Gasteiger partial charge in [0.2, 0.25) is 0 Å². The first-order valence-electron chi connectivity index (χ1n) is 6.13. The van der Waals surface area contributed by atoms with Crippen LogP contribution < -0.4 is 5.32 Å². The van der Waals surface area contributed by atoms with Gasteiger partial charge in [0.1, 0.15) is 6.61 Å². The van der Waals surface area contributed by atoms with Crippen LogP contribution in [0.15, 0.2) is 24.5 Å². The Balaban J connectivity index is 1.94. The van der Waals surface area contributed by atoms with E-state index in [0.717, 1.165) is 0 Å². The molecular formula is C13H17N3O3. The summed E-state index contributed by atoms with van der Waals surface area (Å²) in [5, 5.41) is 2.82. The number of ether oxygens (including phenoxy) is 1. The van der Waals surface area contributed by atoms with Crippen molar-refractivity contribution in [3.8, 4) is 0 Å². The van der Waals surface area contributed by atoms with Crippen molar-refractivity contribution >= 4 is 12.0 Å². The minimum Gasteiger partial charge on any atom is -0.448 e. The lowest BCUT2D eigenvalue weighted by molar-refractivity contribution is 0.0903. The summed E-state index contributed by atoms with van der Waals surface area (Å²) in [4.78, 5) is 28.9. The first kappa shape index (κ1) is 13.3. The second-order valence-corrected chi connectivity index (χ2v) is 5.00. The van der Waals surface area contributed by atoms with Crippen molar-refractivity contribution in [3.63, 3.8) is 0 Å². The third-order valence-corrected chi connectivity index (χ3v) is 3.12. The molecule has 2 amide bonds. The predicted octanol–water partition coefficient (Wildman–Crippen LogP) is 1.04. The molecule has 0 atom stereocenters. The van der Waals surface area contributed by atoms with Crippen LogP contribution in [0.4, 0.5) is 4.79 Å². The van der Waals surface area contributed by atoms with Gasteiger partial charge >= 0.3 is 6.09 Å². The summed E-state index contributed by atoms with van der Waals surface area (Å²) in [5.74, 6) is -0.178. The average Bonchev–Trinajstić information content (AvgIpc) is 2.84. The third-order valence-electron chi connectivity index (χ3n) is 3.12. The van der Waals surface area contributed by atoms with E-state index in [1.165, 1.54) is 0 Å². The lowest BCUT2D eigenvalue weighted by Gasteiger charge is -2.33. The van der Waals surface area contributed by atoms with Gasteiger partial charge in [0.15, 0.2) is 0 Å². The van der Waals surface area contributed by atoms with E-state index >= 15 is 0 Å². The van der Waals surface area contributed by atoms with E-state index in [9.17, 15) is 9.59 Å². The van der Waals surface area contributed by atoms with Crippen molar-refractivity contribution in [2.24, 2.45) is 0 Å². The molecular weight excluding hydrogens is 246 g/mol. The summed E-state index contributed by atoms with van der Waals surface area (Å²) < 4.78 is 4.91. The summed E-state index contributed by atoms with van der Waals surface area (Å²) >= 11 is 0. The van der Waals surface area contributed by atoms with E-state index < -0.39 is 5.54 Å². The summed E-state index contributed by atoms with van der Waals surface area (Å²) in [6.07, 6.45) is 2.80. The fourth-order valence-electron chi connectivity index (χ4n) is 1.94. The molecule has 1 aromatic rings. The molecule has 6 nitrogen and oxygen atoms in total. The molecule has 1 saturated heterocycles. The van der Waals surface area contributed by atoms with Gasteiger partial charge in [0.05, 0.1) is 12.1 Å². The van der Waals surface area contributed by atoms with Crippen molar-refractivity contribution < 1.29 is 14.3 Å². The number of amides is 2. The maximum Gasteiger partial charge on any atom is 0.410 e. The van der Waals surface area contributed by atoms with Crippen molar-refractivity contribution in [1.82, 2.24) is 15.2 Å². The molecule has 0 saturated carbocycles. The highest BCUT2D eigenvalue weighted by Crippen LogP contribution is 2.18. The molecule has 0 radical (unpaired) electrons. The second-order valence-electron chi connectivity index (χ2n) is 5.00. The summed E-state index contributed by atoms with van der Waals surface area (Å²) in [5.41, 5.74) is 0.0748. The fraction of sp³-hybridized carbons (Fsp3) is 0.462. The highest BCUT2D eigenvalue weighted by Gasteiger charge is 2.35. The van der Waals surface area contributed by atoms with Crippen LogP contribution in [0.3, 0.4) is 0 Å². The molecule has 1 aliphatic heterocycles. The first-order chi connectivity index (χ1) is 9.00. The van der Waals surface area contributed by atoms with Crippen molar-refractivity contribution in [2.45, 2.75) is 19.4 Å². The lowest BCUT2D eigenvalue weighted by Crippen LogP contribution is -2.52.